The first-order valence-electron chi connectivity index (χ1n) is 8.67. The molecule has 0 spiro atoms. The van der Waals surface area contributed by atoms with Crippen LogP contribution < -0.4 is 0 Å². The Morgan fingerprint density at radius 3 is 2.65 bits per heavy atom. The average molecular weight is 311 g/mol. The number of ether oxygens (including phenoxy) is 1. The van der Waals surface area contributed by atoms with Gasteiger partial charge in [0.2, 0.25) is 5.91 Å². The lowest BCUT2D eigenvalue weighted by molar-refractivity contribution is -0.185. The molecule has 2 fully saturated rings. The van der Waals surface area contributed by atoms with Gasteiger partial charge in [-0.25, -0.2) is 0 Å². The summed E-state index contributed by atoms with van der Waals surface area (Å²) in [5, 5.41) is 0. The van der Waals surface area contributed by atoms with Crippen molar-refractivity contribution in [3.8, 4) is 0 Å². The van der Waals surface area contributed by atoms with Gasteiger partial charge in [-0.2, -0.15) is 0 Å². The van der Waals surface area contributed by atoms with Crippen LogP contribution in [0.3, 0.4) is 0 Å². The molecule has 122 valence electrons. The molecule has 3 nitrogen and oxygen atoms in total. The fraction of sp³-hybridized carbons (Fsp3) is 0.550. The zero-order chi connectivity index (χ0) is 16.2. The number of allylic oxidation sites excluding steroid dienone is 2. The van der Waals surface area contributed by atoms with Gasteiger partial charge in [0, 0.05) is 0 Å². The summed E-state index contributed by atoms with van der Waals surface area (Å²) >= 11 is 0. The van der Waals surface area contributed by atoms with E-state index in [4.69, 9.17) is 4.74 Å². The number of nitrogens with zero attached hydrogens (tertiary/aromatic N) is 1. The van der Waals surface area contributed by atoms with Crippen LogP contribution in [0.15, 0.2) is 42.5 Å². The molecular weight excluding hydrogens is 286 g/mol. The monoisotopic (exact) mass is 311 g/mol. The third-order valence-corrected chi connectivity index (χ3v) is 6.23. The number of benzene rings is 1. The number of carbonyl (C=O) groups is 1. The Labute approximate surface area is 138 Å². The third kappa shape index (κ3) is 2.02. The topological polar surface area (TPSA) is 29.5 Å². The van der Waals surface area contributed by atoms with Crippen molar-refractivity contribution in [1.29, 1.82) is 0 Å². The summed E-state index contributed by atoms with van der Waals surface area (Å²) in [6, 6.07) is 10.4. The minimum atomic E-state index is -0.480. The minimum absolute atomic E-state index is 0.0399. The van der Waals surface area contributed by atoms with Crippen LogP contribution in [0.4, 0.5) is 0 Å². The molecule has 2 saturated heterocycles. The van der Waals surface area contributed by atoms with Crippen molar-refractivity contribution in [2.45, 2.75) is 57.9 Å². The van der Waals surface area contributed by atoms with E-state index in [-0.39, 0.29) is 23.5 Å². The lowest BCUT2D eigenvalue weighted by Gasteiger charge is -2.52. The van der Waals surface area contributed by atoms with Crippen LogP contribution >= 0.6 is 0 Å². The van der Waals surface area contributed by atoms with E-state index in [1.807, 2.05) is 23.1 Å². The fourth-order valence-electron chi connectivity index (χ4n) is 4.85. The van der Waals surface area contributed by atoms with E-state index in [1.165, 1.54) is 0 Å². The van der Waals surface area contributed by atoms with Gasteiger partial charge in [0.15, 0.2) is 0 Å². The number of piperidine rings is 1. The Morgan fingerprint density at radius 2 is 1.91 bits per heavy atom. The Balaban J connectivity index is 1.72. The van der Waals surface area contributed by atoms with Gasteiger partial charge in [0.1, 0.15) is 11.8 Å². The molecule has 1 amide bonds. The van der Waals surface area contributed by atoms with Crippen LogP contribution in [0, 0.1) is 11.3 Å². The van der Waals surface area contributed by atoms with Crippen molar-refractivity contribution < 1.29 is 9.53 Å². The molecule has 0 aromatic heterocycles. The number of fused-ring (bicyclic) bond motifs is 2. The normalized spacial score (nSPS) is 42.5. The van der Waals surface area contributed by atoms with Gasteiger partial charge < -0.3 is 9.64 Å². The molecule has 2 heterocycles. The summed E-state index contributed by atoms with van der Waals surface area (Å²) in [4.78, 5) is 15.4. The predicted octanol–water partition coefficient (Wildman–Crippen LogP) is 4.07. The van der Waals surface area contributed by atoms with Gasteiger partial charge in [-0.05, 0) is 44.6 Å². The molecule has 5 atom stereocenters. The summed E-state index contributed by atoms with van der Waals surface area (Å²) < 4.78 is 6.50. The minimum Gasteiger partial charge on any atom is -0.346 e. The van der Waals surface area contributed by atoms with E-state index in [9.17, 15) is 4.79 Å². The molecule has 0 radical (unpaired) electrons. The first kappa shape index (κ1) is 14.9. The van der Waals surface area contributed by atoms with Crippen molar-refractivity contribution in [2.24, 2.45) is 11.3 Å². The third-order valence-electron chi connectivity index (χ3n) is 6.23. The van der Waals surface area contributed by atoms with Crippen molar-refractivity contribution in [2.75, 3.05) is 0 Å². The maximum atomic E-state index is 13.4. The number of rotatable bonds is 1. The second kappa shape index (κ2) is 4.94. The van der Waals surface area contributed by atoms with E-state index in [0.717, 1.165) is 24.8 Å². The van der Waals surface area contributed by atoms with Crippen LogP contribution in [0.2, 0.25) is 0 Å². The summed E-state index contributed by atoms with van der Waals surface area (Å²) in [6.45, 7) is 6.37. The maximum absolute atomic E-state index is 13.4. The van der Waals surface area contributed by atoms with Gasteiger partial charge in [-0.3, -0.25) is 4.79 Å². The van der Waals surface area contributed by atoms with E-state index in [0.29, 0.717) is 5.92 Å². The highest BCUT2D eigenvalue weighted by Crippen LogP contribution is 2.55. The number of hydrogen-bond donors (Lipinski definition) is 0. The second-order valence-electron chi connectivity index (χ2n) is 7.77. The maximum Gasteiger partial charge on any atom is 0.231 e. The van der Waals surface area contributed by atoms with E-state index in [2.05, 4.69) is 45.1 Å². The van der Waals surface area contributed by atoms with Gasteiger partial charge in [-0.15, -0.1) is 0 Å². The van der Waals surface area contributed by atoms with E-state index in [1.54, 1.807) is 0 Å². The Morgan fingerprint density at radius 1 is 1.17 bits per heavy atom. The molecular formula is C20H25NO2. The molecule has 0 bridgehead atoms. The standard InChI is InChI=1S/C20H25NO2/c1-14-17(15-9-5-4-6-10-15)23-20(3)13-16-11-7-8-12-19(16,2)18(22)21(14)20/h4-10,14,16-17H,11-13H2,1-3H3/t14-,16-,17-,19+,20+/m1/s1. The largest absolute Gasteiger partial charge is 0.346 e. The molecule has 1 aromatic carbocycles. The molecule has 4 rings (SSSR count). The summed E-state index contributed by atoms with van der Waals surface area (Å²) in [7, 11) is 0. The number of hydrogen-bond acceptors (Lipinski definition) is 2. The zero-order valence-corrected chi connectivity index (χ0v) is 14.2. The Bertz CT molecular complexity index is 655. The van der Waals surface area contributed by atoms with Gasteiger partial charge in [-0.1, -0.05) is 49.4 Å². The van der Waals surface area contributed by atoms with Crippen LogP contribution in [-0.4, -0.2) is 22.6 Å². The average Bonchev–Trinajstić information content (AvgIpc) is 2.81. The molecule has 0 saturated carbocycles. The zero-order valence-electron chi connectivity index (χ0n) is 14.2. The molecule has 0 N–H and O–H groups in total. The molecule has 2 aliphatic heterocycles. The lowest BCUT2D eigenvalue weighted by atomic mass is 9.63. The highest BCUT2D eigenvalue weighted by atomic mass is 16.5. The quantitative estimate of drug-likeness (QED) is 0.732. The SMILES string of the molecule is C[C@@H]1[C@H](c2ccccc2)O[C@@]2(C)C[C@H]3CC=CC[C@]3(C)C(=O)N12. The number of carbonyl (C=O) groups excluding carboxylic acids is 1. The van der Waals surface area contributed by atoms with Crippen LogP contribution in [0.5, 0.6) is 0 Å². The summed E-state index contributed by atoms with van der Waals surface area (Å²) in [5.41, 5.74) is 0.416. The van der Waals surface area contributed by atoms with Crippen molar-refractivity contribution in [1.82, 2.24) is 4.90 Å². The fourth-order valence-corrected chi connectivity index (χ4v) is 4.85. The Hall–Kier alpha value is -1.61. The highest BCUT2D eigenvalue weighted by Gasteiger charge is 2.61. The van der Waals surface area contributed by atoms with Crippen LogP contribution in [-0.2, 0) is 9.53 Å². The molecule has 23 heavy (non-hydrogen) atoms. The van der Waals surface area contributed by atoms with Gasteiger partial charge >= 0.3 is 0 Å². The van der Waals surface area contributed by atoms with Gasteiger partial charge in [0.25, 0.3) is 0 Å². The van der Waals surface area contributed by atoms with Gasteiger partial charge in [0.05, 0.1) is 11.5 Å². The Kier molecular flexibility index (Phi) is 3.21. The lowest BCUT2D eigenvalue weighted by Crippen LogP contribution is -2.62. The molecule has 3 heteroatoms. The summed E-state index contributed by atoms with van der Waals surface area (Å²) in [5.74, 6) is 0.648. The summed E-state index contributed by atoms with van der Waals surface area (Å²) in [6.07, 6.45) is 7.12. The van der Waals surface area contributed by atoms with E-state index >= 15 is 0 Å². The van der Waals surface area contributed by atoms with Crippen molar-refractivity contribution in [3.05, 3.63) is 48.0 Å². The first-order chi connectivity index (χ1) is 11.0. The second-order valence-corrected chi connectivity index (χ2v) is 7.77. The molecule has 1 aliphatic carbocycles. The highest BCUT2D eigenvalue weighted by molar-refractivity contribution is 5.85. The van der Waals surface area contributed by atoms with Crippen LogP contribution in [0.25, 0.3) is 0 Å². The smallest absolute Gasteiger partial charge is 0.231 e. The first-order valence-corrected chi connectivity index (χ1v) is 8.67. The molecule has 1 aromatic rings. The van der Waals surface area contributed by atoms with E-state index < -0.39 is 5.72 Å². The molecule has 3 aliphatic rings. The molecule has 0 unspecified atom stereocenters. The van der Waals surface area contributed by atoms with Crippen molar-refractivity contribution >= 4 is 5.91 Å². The van der Waals surface area contributed by atoms with Crippen molar-refractivity contribution in [3.63, 3.8) is 0 Å². The predicted molar refractivity (Wildman–Crippen MR) is 89.6 cm³/mol. The number of amides is 1. The van der Waals surface area contributed by atoms with Crippen LogP contribution in [0.1, 0.15) is 51.7 Å².